The lowest BCUT2D eigenvalue weighted by atomic mass is 10.4. The van der Waals surface area contributed by atoms with Crippen LogP contribution in [0.25, 0.3) is 0 Å². The number of sulfonamides is 1. The summed E-state index contributed by atoms with van der Waals surface area (Å²) < 4.78 is 38.6. The third-order valence-electron chi connectivity index (χ3n) is 1.99. The molecule has 0 aliphatic carbocycles. The Balaban J connectivity index is 2.27. The largest absolute Gasteiger partial charge is 0.263 e. The average Bonchev–Trinajstić information content (AvgIpc) is 2.32. The molecule has 94 valence electrons. The van der Waals surface area contributed by atoms with E-state index in [4.69, 9.17) is 11.6 Å². The second-order valence-electron chi connectivity index (χ2n) is 3.30. The molecule has 0 saturated carbocycles. The lowest BCUT2D eigenvalue weighted by Gasteiger charge is -2.06. The zero-order valence-electron chi connectivity index (χ0n) is 8.84. The number of hydrogen-bond acceptors (Lipinski definition) is 4. The van der Waals surface area contributed by atoms with Crippen molar-refractivity contribution in [2.24, 2.45) is 0 Å². The first kappa shape index (κ1) is 12.7. The van der Waals surface area contributed by atoms with Gasteiger partial charge >= 0.3 is 0 Å². The van der Waals surface area contributed by atoms with E-state index < -0.39 is 15.8 Å². The van der Waals surface area contributed by atoms with Crippen molar-refractivity contribution in [2.45, 2.75) is 4.90 Å². The molecule has 1 aromatic heterocycles. The standard InChI is InChI=1S/C10H7ClFN3O2S/c11-9-5-6-10(14-13-9)15-18(16,17)8-3-1-7(12)2-4-8/h1-6H,(H,14,15). The molecule has 0 atom stereocenters. The molecule has 0 fully saturated rings. The number of benzene rings is 1. The maximum atomic E-state index is 12.7. The van der Waals surface area contributed by atoms with Crippen molar-refractivity contribution in [1.82, 2.24) is 10.2 Å². The molecule has 0 aliphatic rings. The summed E-state index contributed by atoms with van der Waals surface area (Å²) in [5.41, 5.74) is 0. The van der Waals surface area contributed by atoms with E-state index in [1.165, 1.54) is 12.1 Å². The molecule has 1 heterocycles. The molecule has 0 spiro atoms. The number of nitrogens with zero attached hydrogens (tertiary/aromatic N) is 2. The van der Waals surface area contributed by atoms with Gasteiger partial charge in [-0.1, -0.05) is 11.6 Å². The Hall–Kier alpha value is -1.73. The molecule has 0 saturated heterocycles. The van der Waals surface area contributed by atoms with E-state index in [9.17, 15) is 12.8 Å². The summed E-state index contributed by atoms with van der Waals surface area (Å²) in [6.45, 7) is 0. The Bertz CT molecular complexity index is 644. The van der Waals surface area contributed by atoms with Gasteiger partial charge < -0.3 is 0 Å². The van der Waals surface area contributed by atoms with Crippen LogP contribution in [0.2, 0.25) is 5.15 Å². The van der Waals surface area contributed by atoms with Crippen molar-refractivity contribution in [1.29, 1.82) is 0 Å². The van der Waals surface area contributed by atoms with Crippen molar-refractivity contribution in [3.63, 3.8) is 0 Å². The first-order valence-corrected chi connectivity index (χ1v) is 6.61. The summed E-state index contributed by atoms with van der Waals surface area (Å²) in [6.07, 6.45) is 0. The number of rotatable bonds is 3. The molecule has 8 heteroatoms. The van der Waals surface area contributed by atoms with Crippen LogP contribution in [0.5, 0.6) is 0 Å². The Morgan fingerprint density at radius 1 is 1.06 bits per heavy atom. The van der Waals surface area contributed by atoms with Crippen molar-refractivity contribution < 1.29 is 12.8 Å². The molecule has 1 aromatic carbocycles. The fourth-order valence-electron chi connectivity index (χ4n) is 1.18. The summed E-state index contributed by atoms with van der Waals surface area (Å²) in [5, 5.41) is 7.21. The predicted octanol–water partition coefficient (Wildman–Crippen LogP) is 2.07. The summed E-state index contributed by atoms with van der Waals surface area (Å²) in [7, 11) is -3.81. The summed E-state index contributed by atoms with van der Waals surface area (Å²) >= 11 is 5.52. The highest BCUT2D eigenvalue weighted by Gasteiger charge is 2.14. The van der Waals surface area contributed by atoms with Gasteiger partial charge in [0.15, 0.2) is 11.0 Å². The molecule has 2 rings (SSSR count). The maximum absolute atomic E-state index is 12.7. The molecule has 0 unspecified atom stereocenters. The summed E-state index contributed by atoms with van der Waals surface area (Å²) in [6, 6.07) is 7.19. The van der Waals surface area contributed by atoms with Gasteiger partial charge in [-0.25, -0.2) is 12.8 Å². The van der Waals surface area contributed by atoms with E-state index in [1.807, 2.05) is 0 Å². The third-order valence-corrected chi connectivity index (χ3v) is 3.57. The highest BCUT2D eigenvalue weighted by Crippen LogP contribution is 2.15. The smallest absolute Gasteiger partial charge is 0.262 e. The Labute approximate surface area is 108 Å². The SMILES string of the molecule is O=S(=O)(Nc1ccc(Cl)nn1)c1ccc(F)cc1. The molecule has 0 amide bonds. The zero-order valence-corrected chi connectivity index (χ0v) is 10.4. The van der Waals surface area contributed by atoms with Gasteiger partial charge in [0.05, 0.1) is 4.90 Å². The van der Waals surface area contributed by atoms with E-state index in [-0.39, 0.29) is 15.9 Å². The Morgan fingerprint density at radius 2 is 1.72 bits per heavy atom. The van der Waals surface area contributed by atoms with E-state index in [0.29, 0.717) is 0 Å². The molecule has 1 N–H and O–H groups in total. The number of hydrogen-bond donors (Lipinski definition) is 1. The minimum absolute atomic E-state index is 0.0312. The van der Waals surface area contributed by atoms with Crippen LogP contribution in [0.3, 0.4) is 0 Å². The quantitative estimate of drug-likeness (QED) is 0.938. The van der Waals surface area contributed by atoms with Crippen LogP contribution in [0.4, 0.5) is 10.2 Å². The minimum Gasteiger partial charge on any atom is -0.262 e. The van der Waals surface area contributed by atoms with Crippen LogP contribution < -0.4 is 4.72 Å². The second-order valence-corrected chi connectivity index (χ2v) is 5.37. The normalized spacial score (nSPS) is 11.2. The zero-order chi connectivity index (χ0) is 13.2. The van der Waals surface area contributed by atoms with E-state index in [0.717, 1.165) is 24.3 Å². The van der Waals surface area contributed by atoms with Gasteiger partial charge in [-0.2, -0.15) is 0 Å². The van der Waals surface area contributed by atoms with Crippen LogP contribution in [-0.2, 0) is 10.0 Å². The average molecular weight is 288 g/mol. The number of halogens is 2. The molecule has 2 aromatic rings. The fraction of sp³-hybridized carbons (Fsp3) is 0. The highest BCUT2D eigenvalue weighted by atomic mass is 35.5. The number of aromatic nitrogens is 2. The van der Waals surface area contributed by atoms with Crippen molar-refractivity contribution in [2.75, 3.05) is 4.72 Å². The molecule has 0 radical (unpaired) electrons. The van der Waals surface area contributed by atoms with E-state index in [2.05, 4.69) is 14.9 Å². The van der Waals surface area contributed by atoms with E-state index in [1.54, 1.807) is 0 Å². The first-order chi connectivity index (χ1) is 8.47. The molecular formula is C10H7ClFN3O2S. The van der Waals surface area contributed by atoms with E-state index >= 15 is 0 Å². The topological polar surface area (TPSA) is 72.0 Å². The molecule has 0 aliphatic heterocycles. The summed E-state index contributed by atoms with van der Waals surface area (Å²) in [5.74, 6) is -0.482. The Morgan fingerprint density at radius 3 is 2.28 bits per heavy atom. The van der Waals surface area contributed by atoms with Gasteiger partial charge in [0.25, 0.3) is 10.0 Å². The minimum atomic E-state index is -3.81. The first-order valence-electron chi connectivity index (χ1n) is 4.75. The lowest BCUT2D eigenvalue weighted by Crippen LogP contribution is -2.14. The van der Waals surface area contributed by atoms with Crippen LogP contribution in [0.15, 0.2) is 41.3 Å². The van der Waals surface area contributed by atoms with Gasteiger partial charge in [0.2, 0.25) is 0 Å². The lowest BCUT2D eigenvalue weighted by molar-refractivity contribution is 0.599. The molecule has 5 nitrogen and oxygen atoms in total. The second kappa shape index (κ2) is 4.87. The molecular weight excluding hydrogens is 281 g/mol. The number of anilines is 1. The highest BCUT2D eigenvalue weighted by molar-refractivity contribution is 7.92. The number of nitrogens with one attached hydrogen (secondary N) is 1. The van der Waals surface area contributed by atoms with Gasteiger partial charge in [-0.15, -0.1) is 10.2 Å². The van der Waals surface area contributed by atoms with Crippen molar-refractivity contribution in [3.05, 3.63) is 47.4 Å². The van der Waals surface area contributed by atoms with Gasteiger partial charge in [-0.3, -0.25) is 4.72 Å². The van der Waals surface area contributed by atoms with Crippen LogP contribution in [0.1, 0.15) is 0 Å². The van der Waals surface area contributed by atoms with Crippen molar-refractivity contribution in [3.8, 4) is 0 Å². The molecule has 18 heavy (non-hydrogen) atoms. The maximum Gasteiger partial charge on any atom is 0.263 e. The Kier molecular flexibility index (Phi) is 3.44. The van der Waals surface area contributed by atoms with Gasteiger partial charge in [0.1, 0.15) is 5.82 Å². The van der Waals surface area contributed by atoms with Gasteiger partial charge in [0, 0.05) is 0 Å². The van der Waals surface area contributed by atoms with Gasteiger partial charge in [-0.05, 0) is 36.4 Å². The van der Waals surface area contributed by atoms with Crippen LogP contribution in [-0.4, -0.2) is 18.6 Å². The summed E-state index contributed by atoms with van der Waals surface area (Å²) in [4.78, 5) is -0.0688. The monoisotopic (exact) mass is 287 g/mol. The van der Waals surface area contributed by atoms with Crippen LogP contribution in [0, 0.1) is 5.82 Å². The fourth-order valence-corrected chi connectivity index (χ4v) is 2.28. The van der Waals surface area contributed by atoms with Crippen molar-refractivity contribution >= 4 is 27.4 Å². The molecule has 0 bridgehead atoms. The predicted molar refractivity (Wildman–Crippen MR) is 64.3 cm³/mol. The third kappa shape index (κ3) is 2.93. The van der Waals surface area contributed by atoms with Crippen LogP contribution >= 0.6 is 11.6 Å².